The maximum absolute atomic E-state index is 10.3. The second-order valence-corrected chi connectivity index (χ2v) is 2.97. The first-order chi connectivity index (χ1) is 6.15. The maximum Gasteiger partial charge on any atom is 0.303 e. The van der Waals surface area contributed by atoms with Crippen LogP contribution in [0.1, 0.15) is 24.9 Å². The van der Waals surface area contributed by atoms with Crippen LogP contribution in [0.4, 0.5) is 0 Å². The third-order valence-corrected chi connectivity index (χ3v) is 2.09. The van der Waals surface area contributed by atoms with E-state index >= 15 is 0 Å². The maximum atomic E-state index is 10.3. The molecule has 13 heavy (non-hydrogen) atoms. The lowest BCUT2D eigenvalue weighted by atomic mass is 10.2. The predicted octanol–water partition coefficient (Wildman–Crippen LogP) is 1.000. The average Bonchev–Trinajstić information content (AvgIpc) is 2.43. The minimum absolute atomic E-state index is 0.169. The second-order valence-electron chi connectivity index (χ2n) is 2.97. The first-order valence-electron chi connectivity index (χ1n) is 4.36. The van der Waals surface area contributed by atoms with Gasteiger partial charge in [0.05, 0.1) is 6.42 Å². The van der Waals surface area contributed by atoms with Gasteiger partial charge >= 0.3 is 5.97 Å². The summed E-state index contributed by atoms with van der Waals surface area (Å²) in [4.78, 5) is 14.5. The summed E-state index contributed by atoms with van der Waals surface area (Å²) in [6.07, 6.45) is 3.35. The summed E-state index contributed by atoms with van der Waals surface area (Å²) < 4.78 is 1.96. The molecule has 0 saturated heterocycles. The zero-order valence-electron chi connectivity index (χ0n) is 7.95. The lowest BCUT2D eigenvalue weighted by molar-refractivity contribution is -0.136. The molecule has 72 valence electrons. The number of hydrogen-bond acceptors (Lipinski definition) is 2. The molecule has 1 heterocycles. The number of nitrogens with zero attached hydrogens (tertiary/aromatic N) is 2. The predicted molar refractivity (Wildman–Crippen MR) is 48.5 cm³/mol. The second kappa shape index (κ2) is 4.07. The fourth-order valence-corrected chi connectivity index (χ4v) is 1.28. The lowest BCUT2D eigenvalue weighted by Crippen LogP contribution is -2.04. The van der Waals surface area contributed by atoms with Gasteiger partial charge in [0, 0.05) is 25.4 Å². The number of imidazole rings is 1. The molecule has 0 saturated carbocycles. The molecule has 0 spiro atoms. The van der Waals surface area contributed by atoms with Crippen LogP contribution in [0.15, 0.2) is 6.20 Å². The Morgan fingerprint density at radius 3 is 2.85 bits per heavy atom. The molecule has 0 bridgehead atoms. The van der Waals surface area contributed by atoms with Crippen LogP contribution in [0.25, 0.3) is 0 Å². The molecule has 1 aromatic rings. The normalized spacial score (nSPS) is 10.3. The van der Waals surface area contributed by atoms with Gasteiger partial charge in [0.2, 0.25) is 0 Å². The molecule has 1 rings (SSSR count). The van der Waals surface area contributed by atoms with Crippen LogP contribution in [0.2, 0.25) is 0 Å². The highest BCUT2D eigenvalue weighted by Crippen LogP contribution is 2.06. The molecule has 0 aliphatic rings. The lowest BCUT2D eigenvalue weighted by Gasteiger charge is -2.02. The fourth-order valence-electron chi connectivity index (χ4n) is 1.28. The molecule has 0 fully saturated rings. The van der Waals surface area contributed by atoms with Gasteiger partial charge in [-0.3, -0.25) is 4.79 Å². The van der Waals surface area contributed by atoms with E-state index in [2.05, 4.69) is 4.98 Å². The van der Waals surface area contributed by atoms with E-state index in [-0.39, 0.29) is 6.42 Å². The highest BCUT2D eigenvalue weighted by atomic mass is 16.4. The molecule has 0 aliphatic carbocycles. The molecule has 1 N–H and O–H groups in total. The van der Waals surface area contributed by atoms with Crippen molar-refractivity contribution < 1.29 is 9.90 Å². The molecule has 0 amide bonds. The molecule has 1 aromatic heterocycles. The number of carboxylic acid groups (broad SMARTS) is 1. The topological polar surface area (TPSA) is 55.1 Å². The van der Waals surface area contributed by atoms with Crippen LogP contribution in [0.3, 0.4) is 0 Å². The number of aromatic nitrogens is 2. The summed E-state index contributed by atoms with van der Waals surface area (Å²) in [7, 11) is 1.92. The van der Waals surface area contributed by atoms with Crippen molar-refractivity contribution in [2.24, 2.45) is 7.05 Å². The van der Waals surface area contributed by atoms with Gasteiger partial charge in [0.1, 0.15) is 5.82 Å². The van der Waals surface area contributed by atoms with Gasteiger partial charge in [-0.25, -0.2) is 4.98 Å². The Morgan fingerprint density at radius 1 is 1.69 bits per heavy atom. The number of rotatable bonds is 4. The first-order valence-corrected chi connectivity index (χ1v) is 4.36. The van der Waals surface area contributed by atoms with E-state index in [1.807, 2.05) is 18.5 Å². The van der Waals surface area contributed by atoms with Gasteiger partial charge in [0.15, 0.2) is 0 Å². The zero-order valence-corrected chi connectivity index (χ0v) is 7.95. The minimum Gasteiger partial charge on any atom is -0.481 e. The van der Waals surface area contributed by atoms with Gasteiger partial charge in [-0.2, -0.15) is 0 Å². The molecule has 0 aliphatic heterocycles. The van der Waals surface area contributed by atoms with Crippen molar-refractivity contribution in [2.75, 3.05) is 0 Å². The Balaban J connectivity index is 2.67. The summed E-state index contributed by atoms with van der Waals surface area (Å²) in [5.41, 5.74) is 0.985. The smallest absolute Gasteiger partial charge is 0.303 e. The van der Waals surface area contributed by atoms with Crippen molar-refractivity contribution in [1.82, 2.24) is 9.55 Å². The Kier molecular flexibility index (Phi) is 3.06. The number of aryl methyl sites for hydroxylation is 2. The summed E-state index contributed by atoms with van der Waals surface area (Å²) in [6, 6.07) is 0. The molecule has 4 nitrogen and oxygen atoms in total. The number of carboxylic acids is 1. The quantitative estimate of drug-likeness (QED) is 0.755. The van der Waals surface area contributed by atoms with Crippen molar-refractivity contribution in [3.8, 4) is 0 Å². The summed E-state index contributed by atoms with van der Waals surface area (Å²) in [5.74, 6) is 0.236. The Labute approximate surface area is 77.2 Å². The van der Waals surface area contributed by atoms with Crippen LogP contribution >= 0.6 is 0 Å². The largest absolute Gasteiger partial charge is 0.481 e. The van der Waals surface area contributed by atoms with Crippen LogP contribution in [-0.4, -0.2) is 20.6 Å². The van der Waals surface area contributed by atoms with Gasteiger partial charge < -0.3 is 9.67 Å². The number of aliphatic carboxylic acids is 1. The van der Waals surface area contributed by atoms with Crippen molar-refractivity contribution in [2.45, 2.75) is 26.2 Å². The zero-order chi connectivity index (χ0) is 9.84. The average molecular weight is 182 g/mol. The number of hydrogen-bond donors (Lipinski definition) is 1. The minimum atomic E-state index is -0.765. The van der Waals surface area contributed by atoms with E-state index < -0.39 is 5.97 Å². The molecular formula is C9H14N2O2. The van der Waals surface area contributed by atoms with Gasteiger partial charge in [0.25, 0.3) is 0 Å². The van der Waals surface area contributed by atoms with E-state index in [9.17, 15) is 4.79 Å². The SMILES string of the molecule is CCc1ncc(CCC(=O)O)n1C. The van der Waals surface area contributed by atoms with Crippen molar-refractivity contribution in [1.29, 1.82) is 0 Å². The van der Waals surface area contributed by atoms with Gasteiger partial charge in [-0.05, 0) is 6.42 Å². The van der Waals surface area contributed by atoms with E-state index in [0.29, 0.717) is 6.42 Å². The first kappa shape index (κ1) is 9.77. The third-order valence-electron chi connectivity index (χ3n) is 2.09. The van der Waals surface area contributed by atoms with Crippen LogP contribution in [-0.2, 0) is 24.7 Å². The molecular weight excluding hydrogens is 168 g/mol. The molecule has 4 heteroatoms. The molecule has 0 unspecified atom stereocenters. The molecule has 0 atom stereocenters. The van der Waals surface area contributed by atoms with Crippen molar-refractivity contribution in [3.05, 3.63) is 17.7 Å². The van der Waals surface area contributed by atoms with E-state index in [1.165, 1.54) is 0 Å². The van der Waals surface area contributed by atoms with Crippen molar-refractivity contribution in [3.63, 3.8) is 0 Å². The molecule has 0 aromatic carbocycles. The van der Waals surface area contributed by atoms with Crippen LogP contribution < -0.4 is 0 Å². The van der Waals surface area contributed by atoms with Crippen LogP contribution in [0, 0.1) is 0 Å². The standard InChI is InChI=1S/C9H14N2O2/c1-3-8-10-6-7(11(8)2)4-5-9(12)13/h6H,3-5H2,1-2H3,(H,12,13). The third kappa shape index (κ3) is 2.31. The fraction of sp³-hybridized carbons (Fsp3) is 0.556. The van der Waals surface area contributed by atoms with Crippen molar-refractivity contribution >= 4 is 5.97 Å². The monoisotopic (exact) mass is 182 g/mol. The molecule has 0 radical (unpaired) electrons. The highest BCUT2D eigenvalue weighted by molar-refractivity contribution is 5.66. The number of carbonyl (C=O) groups is 1. The summed E-state index contributed by atoms with van der Waals surface area (Å²) in [6.45, 7) is 2.03. The highest BCUT2D eigenvalue weighted by Gasteiger charge is 2.06. The summed E-state index contributed by atoms with van der Waals surface area (Å²) in [5, 5.41) is 8.50. The van der Waals surface area contributed by atoms with Gasteiger partial charge in [-0.1, -0.05) is 6.92 Å². The Bertz CT molecular complexity index is 305. The van der Waals surface area contributed by atoms with E-state index in [0.717, 1.165) is 17.9 Å². The Hall–Kier alpha value is -1.32. The summed E-state index contributed by atoms with van der Waals surface area (Å²) >= 11 is 0. The van der Waals surface area contributed by atoms with E-state index in [4.69, 9.17) is 5.11 Å². The van der Waals surface area contributed by atoms with Gasteiger partial charge in [-0.15, -0.1) is 0 Å². The Morgan fingerprint density at radius 2 is 2.38 bits per heavy atom. The van der Waals surface area contributed by atoms with E-state index in [1.54, 1.807) is 6.20 Å². The van der Waals surface area contributed by atoms with Crippen LogP contribution in [0.5, 0.6) is 0 Å².